The number of aromatic carboxylic acids is 1. The Morgan fingerprint density at radius 3 is 2.81 bits per heavy atom. The summed E-state index contributed by atoms with van der Waals surface area (Å²) in [4.78, 5) is 18.3. The third kappa shape index (κ3) is 4.40. The molecule has 0 bridgehead atoms. The molecule has 0 aliphatic heterocycles. The van der Waals surface area contributed by atoms with Crippen LogP contribution < -0.4 is 5.32 Å². The zero-order valence-corrected chi connectivity index (χ0v) is 10.1. The number of carboxylic acid groups (broad SMARTS) is 1. The highest BCUT2D eigenvalue weighted by molar-refractivity contribution is 7.62. The number of hydrogen-bond donors (Lipinski definition) is 2. The molecule has 0 atom stereocenters. The van der Waals surface area contributed by atoms with Crippen molar-refractivity contribution in [1.29, 1.82) is 0 Å². The van der Waals surface area contributed by atoms with Crippen molar-refractivity contribution in [3.05, 3.63) is 18.0 Å². The lowest BCUT2D eigenvalue weighted by atomic mass is 10.4. The average molecular weight is 243 g/mol. The van der Waals surface area contributed by atoms with Crippen LogP contribution in [0.25, 0.3) is 0 Å². The number of hydrogen-bond acceptors (Lipinski definition) is 5. The smallest absolute Gasteiger partial charge is 0.354 e. The van der Waals surface area contributed by atoms with Crippen molar-refractivity contribution in [3.63, 3.8) is 0 Å². The van der Waals surface area contributed by atoms with E-state index < -0.39 is 13.1 Å². The van der Waals surface area contributed by atoms with Gasteiger partial charge in [0, 0.05) is 18.9 Å². The molecular weight excluding hydrogens is 229 g/mol. The second kappa shape index (κ2) is 5.07. The quantitative estimate of drug-likeness (QED) is 0.755. The Hall–Kier alpha value is -1.42. The largest absolute Gasteiger partial charge is 0.477 e. The van der Waals surface area contributed by atoms with Gasteiger partial charge in [0.25, 0.3) is 0 Å². The third-order valence-corrected chi connectivity index (χ3v) is 3.11. The van der Waals surface area contributed by atoms with Crippen LogP contribution in [0.5, 0.6) is 0 Å². The fourth-order valence-electron chi connectivity index (χ4n) is 1.000. The Labute approximate surface area is 93.5 Å². The molecule has 0 aliphatic rings. The van der Waals surface area contributed by atoms with E-state index in [1.807, 2.05) is 0 Å². The van der Waals surface area contributed by atoms with Crippen molar-refractivity contribution >= 4 is 19.1 Å². The highest BCUT2D eigenvalue weighted by atomic mass is 31.2. The average Bonchev–Trinajstić information content (AvgIpc) is 2.16. The van der Waals surface area contributed by atoms with Gasteiger partial charge in [0.05, 0.1) is 7.14 Å². The molecule has 1 aromatic rings. The number of carbonyl (C=O) groups is 1. The van der Waals surface area contributed by atoms with E-state index in [0.29, 0.717) is 12.7 Å². The van der Waals surface area contributed by atoms with Crippen LogP contribution in [-0.2, 0) is 4.57 Å². The summed E-state index contributed by atoms with van der Waals surface area (Å²) in [6.07, 6.45) is 1.89. The fourth-order valence-corrected chi connectivity index (χ4v) is 1.65. The molecule has 0 unspecified atom stereocenters. The van der Waals surface area contributed by atoms with E-state index in [9.17, 15) is 9.36 Å². The molecule has 1 heterocycles. The zero-order chi connectivity index (χ0) is 12.2. The van der Waals surface area contributed by atoms with E-state index in [1.165, 1.54) is 12.3 Å². The Balaban J connectivity index is 2.58. The zero-order valence-electron chi connectivity index (χ0n) is 9.17. The fraction of sp³-hybridized carbons (Fsp3) is 0.444. The van der Waals surface area contributed by atoms with E-state index in [-0.39, 0.29) is 11.6 Å². The number of nitrogens with one attached hydrogen (secondary N) is 1. The molecule has 7 heteroatoms. The molecule has 0 fully saturated rings. The van der Waals surface area contributed by atoms with Crippen molar-refractivity contribution in [2.45, 2.75) is 0 Å². The Morgan fingerprint density at radius 1 is 1.56 bits per heavy atom. The highest BCUT2D eigenvalue weighted by Gasteiger charge is 2.08. The molecule has 0 aliphatic carbocycles. The summed E-state index contributed by atoms with van der Waals surface area (Å²) in [7, 11) is -2.07. The normalized spacial score (nSPS) is 11.1. The molecule has 0 radical (unpaired) electrons. The van der Waals surface area contributed by atoms with E-state index in [2.05, 4.69) is 15.3 Å². The van der Waals surface area contributed by atoms with Crippen molar-refractivity contribution < 1.29 is 14.5 Å². The van der Waals surface area contributed by atoms with E-state index in [1.54, 1.807) is 13.3 Å². The van der Waals surface area contributed by atoms with Crippen molar-refractivity contribution in [3.8, 4) is 0 Å². The van der Waals surface area contributed by atoms with Gasteiger partial charge < -0.3 is 15.0 Å². The van der Waals surface area contributed by atoms with Gasteiger partial charge in [0.1, 0.15) is 0 Å². The van der Waals surface area contributed by atoms with Crippen LogP contribution in [0.3, 0.4) is 0 Å². The minimum absolute atomic E-state index is 0.0614. The maximum atomic E-state index is 11.4. The van der Waals surface area contributed by atoms with Crippen molar-refractivity contribution in [1.82, 2.24) is 9.97 Å². The lowest BCUT2D eigenvalue weighted by Gasteiger charge is -2.07. The Bertz CT molecular complexity index is 430. The topological polar surface area (TPSA) is 92.2 Å². The lowest BCUT2D eigenvalue weighted by molar-refractivity contribution is 0.0690. The number of carboxylic acids is 1. The molecule has 2 N–H and O–H groups in total. The molecule has 6 nitrogen and oxygen atoms in total. The number of aromatic nitrogens is 2. The Kier molecular flexibility index (Phi) is 4.01. The van der Waals surface area contributed by atoms with Crippen LogP contribution in [0.15, 0.2) is 12.3 Å². The highest BCUT2D eigenvalue weighted by Crippen LogP contribution is 2.34. The van der Waals surface area contributed by atoms with Gasteiger partial charge in [0.15, 0.2) is 5.69 Å². The molecule has 0 amide bonds. The minimum Gasteiger partial charge on any atom is -0.477 e. The number of rotatable bonds is 5. The summed E-state index contributed by atoms with van der Waals surface area (Å²) >= 11 is 0. The summed E-state index contributed by atoms with van der Waals surface area (Å²) in [5, 5.41) is 11.5. The second-order valence-corrected chi connectivity index (χ2v) is 7.39. The summed E-state index contributed by atoms with van der Waals surface area (Å²) in [6.45, 7) is 3.86. The van der Waals surface area contributed by atoms with Crippen LogP contribution in [0.4, 0.5) is 5.95 Å². The van der Waals surface area contributed by atoms with Gasteiger partial charge in [-0.1, -0.05) is 0 Å². The van der Waals surface area contributed by atoms with Crippen molar-refractivity contribution in [2.75, 3.05) is 31.4 Å². The maximum Gasteiger partial charge on any atom is 0.354 e. The molecule has 1 rings (SSSR count). The first-order valence-corrected chi connectivity index (χ1v) is 7.51. The number of anilines is 1. The molecule has 0 saturated carbocycles. The molecule has 88 valence electrons. The van der Waals surface area contributed by atoms with Crippen LogP contribution in [0, 0.1) is 0 Å². The lowest BCUT2D eigenvalue weighted by Crippen LogP contribution is -2.11. The molecule has 1 aromatic heterocycles. The first-order chi connectivity index (χ1) is 7.38. The van der Waals surface area contributed by atoms with Gasteiger partial charge in [-0.05, 0) is 19.4 Å². The Morgan fingerprint density at radius 2 is 2.25 bits per heavy atom. The summed E-state index contributed by atoms with van der Waals surface area (Å²) in [5.41, 5.74) is -0.0614. The summed E-state index contributed by atoms with van der Waals surface area (Å²) in [6, 6.07) is 1.32. The molecule has 0 spiro atoms. The van der Waals surface area contributed by atoms with E-state index in [4.69, 9.17) is 5.11 Å². The van der Waals surface area contributed by atoms with Crippen LogP contribution in [-0.4, -0.2) is 47.1 Å². The third-order valence-electron chi connectivity index (χ3n) is 1.81. The predicted molar refractivity (Wildman–Crippen MR) is 61.8 cm³/mol. The van der Waals surface area contributed by atoms with Gasteiger partial charge in [-0.25, -0.2) is 14.8 Å². The monoisotopic (exact) mass is 243 g/mol. The van der Waals surface area contributed by atoms with Crippen molar-refractivity contribution in [2.24, 2.45) is 0 Å². The van der Waals surface area contributed by atoms with E-state index >= 15 is 0 Å². The van der Waals surface area contributed by atoms with E-state index in [0.717, 1.165) is 0 Å². The van der Waals surface area contributed by atoms with Gasteiger partial charge in [-0.2, -0.15) is 0 Å². The number of nitrogens with zero attached hydrogens (tertiary/aromatic N) is 2. The van der Waals surface area contributed by atoms with Gasteiger partial charge in [0.2, 0.25) is 5.95 Å². The molecular formula is C9H14N3O3P. The molecule has 0 aromatic carbocycles. The van der Waals surface area contributed by atoms with Gasteiger partial charge >= 0.3 is 5.97 Å². The maximum absolute atomic E-state index is 11.4. The molecule has 0 saturated heterocycles. The summed E-state index contributed by atoms with van der Waals surface area (Å²) < 4.78 is 11.4. The summed E-state index contributed by atoms with van der Waals surface area (Å²) in [5.74, 6) is -0.851. The first-order valence-electron chi connectivity index (χ1n) is 4.73. The van der Waals surface area contributed by atoms with Crippen LogP contribution in [0.1, 0.15) is 10.5 Å². The standard InChI is InChI=1S/C9H14N3O3P/c1-16(2,15)6-5-11-9-10-4-3-7(12-9)8(13)14/h3-4H,5-6H2,1-2H3,(H,13,14)(H,10,11,12). The SMILES string of the molecule is CP(C)(=O)CCNc1nccc(C(=O)O)n1. The first kappa shape index (κ1) is 12.6. The van der Waals surface area contributed by atoms with Gasteiger partial charge in [-0.3, -0.25) is 0 Å². The second-order valence-electron chi connectivity index (χ2n) is 3.79. The van der Waals surface area contributed by atoms with Gasteiger partial charge in [-0.15, -0.1) is 0 Å². The van der Waals surface area contributed by atoms with Crippen LogP contribution in [0.2, 0.25) is 0 Å². The minimum atomic E-state index is -2.07. The predicted octanol–water partition coefficient (Wildman–Crippen LogP) is 1.21. The molecule has 16 heavy (non-hydrogen) atoms. The van der Waals surface area contributed by atoms with Crippen LogP contribution >= 0.6 is 7.14 Å².